The third kappa shape index (κ3) is 4.48. The number of benzene rings is 2. The van der Waals surface area contributed by atoms with Gasteiger partial charge < -0.3 is 20.1 Å². The largest absolute Gasteiger partial charge is 0.490 e. The molecule has 2 aromatic carbocycles. The zero-order valence-corrected chi connectivity index (χ0v) is 20.5. The number of carbonyl (C=O) groups is 1. The zero-order valence-electron chi connectivity index (χ0n) is 20.5. The fourth-order valence-electron chi connectivity index (χ4n) is 4.08. The number of amides is 1. The topological polar surface area (TPSA) is 90.3 Å². The van der Waals surface area contributed by atoms with Gasteiger partial charge in [-0.15, -0.1) is 0 Å². The Hall–Kier alpha value is -3.81. The predicted molar refractivity (Wildman–Crippen MR) is 132 cm³/mol. The van der Waals surface area contributed by atoms with E-state index in [4.69, 9.17) is 9.47 Å². The first-order chi connectivity index (χ1) is 16.3. The van der Waals surface area contributed by atoms with Gasteiger partial charge in [-0.25, -0.2) is 4.68 Å². The van der Waals surface area contributed by atoms with Gasteiger partial charge >= 0.3 is 0 Å². The fraction of sp³-hybridized carbons (Fsp3) is 0.346. The number of fused-ring (bicyclic) bond motifs is 1. The molecule has 3 aromatic rings. The molecule has 8 heteroatoms. The number of anilines is 2. The average molecular weight is 462 g/mol. The quantitative estimate of drug-likeness (QED) is 0.514. The molecule has 2 N–H and O–H groups in total. The number of aryl methyl sites for hydroxylation is 1. The highest BCUT2D eigenvalue weighted by molar-refractivity contribution is 6.06. The van der Waals surface area contributed by atoms with Crippen molar-refractivity contribution in [2.75, 3.05) is 17.2 Å². The van der Waals surface area contributed by atoms with E-state index in [0.717, 1.165) is 22.4 Å². The number of hydrogen-bond donors (Lipinski definition) is 2. The Morgan fingerprint density at radius 1 is 1.18 bits per heavy atom. The lowest BCUT2D eigenvalue weighted by Gasteiger charge is -2.29. The maximum Gasteiger partial charge on any atom is 0.255 e. The summed E-state index contributed by atoms with van der Waals surface area (Å²) in [6.07, 6.45) is 1.49. The van der Waals surface area contributed by atoms with Crippen molar-refractivity contribution in [2.24, 2.45) is 0 Å². The van der Waals surface area contributed by atoms with Crippen molar-refractivity contribution >= 4 is 17.5 Å². The second kappa shape index (κ2) is 9.59. The molecule has 0 bridgehead atoms. The maximum absolute atomic E-state index is 13.7. The number of nitrogens with one attached hydrogen (secondary N) is 2. The molecule has 34 heavy (non-hydrogen) atoms. The van der Waals surface area contributed by atoms with Crippen molar-refractivity contribution in [3.8, 4) is 11.5 Å². The summed E-state index contributed by atoms with van der Waals surface area (Å²) in [6, 6.07) is 11.1. The second-order valence-corrected chi connectivity index (χ2v) is 8.60. The highest BCUT2D eigenvalue weighted by Crippen LogP contribution is 2.39. The molecule has 1 aromatic heterocycles. The summed E-state index contributed by atoms with van der Waals surface area (Å²) in [7, 11) is 0. The Kier molecular flexibility index (Phi) is 6.58. The van der Waals surface area contributed by atoms with E-state index in [1.165, 1.54) is 6.33 Å². The molecule has 0 saturated heterocycles. The van der Waals surface area contributed by atoms with E-state index >= 15 is 0 Å². The van der Waals surface area contributed by atoms with E-state index in [1.54, 1.807) is 4.68 Å². The molecular formula is C26H31N5O3. The summed E-state index contributed by atoms with van der Waals surface area (Å²) in [5, 5.41) is 10.7. The van der Waals surface area contributed by atoms with Crippen LogP contribution in [0.4, 0.5) is 11.6 Å². The van der Waals surface area contributed by atoms with Gasteiger partial charge in [-0.1, -0.05) is 18.2 Å². The summed E-state index contributed by atoms with van der Waals surface area (Å²) in [5.41, 5.74) is 5.04. The van der Waals surface area contributed by atoms with Gasteiger partial charge in [0, 0.05) is 11.4 Å². The maximum atomic E-state index is 13.7. The van der Waals surface area contributed by atoms with Crippen LogP contribution in [0, 0.1) is 13.8 Å². The van der Waals surface area contributed by atoms with Gasteiger partial charge in [0.25, 0.3) is 5.91 Å². The number of allylic oxidation sites excluding steroid dienone is 1. The van der Waals surface area contributed by atoms with Gasteiger partial charge in [0.05, 0.1) is 18.3 Å². The smallest absolute Gasteiger partial charge is 0.255 e. The molecule has 8 nitrogen and oxygen atoms in total. The average Bonchev–Trinajstić information content (AvgIpc) is 3.25. The molecule has 2 heterocycles. The SMILES string of the molecule is CCOc1cc(C2C(C(=O)Nc3cccc(C)c3C)=C(C)Nc3ncnn32)ccc1OC(C)C. The molecule has 0 fully saturated rings. The van der Waals surface area contributed by atoms with E-state index in [2.05, 4.69) is 20.7 Å². The summed E-state index contributed by atoms with van der Waals surface area (Å²) in [5.74, 6) is 1.66. The van der Waals surface area contributed by atoms with E-state index in [-0.39, 0.29) is 12.0 Å². The molecule has 178 valence electrons. The summed E-state index contributed by atoms with van der Waals surface area (Å²) in [4.78, 5) is 18.0. The minimum absolute atomic E-state index is 0.00639. The van der Waals surface area contributed by atoms with Gasteiger partial charge in [-0.05, 0) is 76.4 Å². The number of nitrogens with zero attached hydrogens (tertiary/aromatic N) is 3. The monoisotopic (exact) mass is 461 g/mol. The van der Waals surface area contributed by atoms with Crippen molar-refractivity contribution in [1.29, 1.82) is 0 Å². The molecule has 0 spiro atoms. The molecule has 1 aliphatic heterocycles. The normalized spacial score (nSPS) is 15.1. The molecule has 1 amide bonds. The first-order valence-corrected chi connectivity index (χ1v) is 11.5. The Morgan fingerprint density at radius 3 is 2.71 bits per heavy atom. The molecule has 0 radical (unpaired) electrons. The number of aromatic nitrogens is 3. The molecule has 4 rings (SSSR count). The van der Waals surface area contributed by atoms with Gasteiger partial charge in [0.15, 0.2) is 11.5 Å². The summed E-state index contributed by atoms with van der Waals surface area (Å²) >= 11 is 0. The number of rotatable bonds is 7. The number of ether oxygens (including phenoxy) is 2. The summed E-state index contributed by atoms with van der Waals surface area (Å²) in [6.45, 7) is 12.3. The lowest BCUT2D eigenvalue weighted by Crippen LogP contribution is -2.31. The van der Waals surface area contributed by atoms with Crippen LogP contribution in [-0.2, 0) is 4.79 Å². The minimum Gasteiger partial charge on any atom is -0.490 e. The highest BCUT2D eigenvalue weighted by atomic mass is 16.5. The van der Waals surface area contributed by atoms with Crippen molar-refractivity contribution in [2.45, 2.75) is 53.7 Å². The predicted octanol–water partition coefficient (Wildman–Crippen LogP) is 5.01. The Balaban J connectivity index is 1.78. The van der Waals surface area contributed by atoms with Gasteiger partial charge in [-0.3, -0.25) is 4.79 Å². The first-order valence-electron chi connectivity index (χ1n) is 11.5. The number of carbonyl (C=O) groups excluding carboxylic acids is 1. The van der Waals surface area contributed by atoms with Gasteiger partial charge in [-0.2, -0.15) is 10.1 Å². The molecule has 0 saturated carbocycles. The highest BCUT2D eigenvalue weighted by Gasteiger charge is 2.34. The minimum atomic E-state index is -0.490. The van der Waals surface area contributed by atoms with Gasteiger partial charge in [0.2, 0.25) is 5.95 Å². The molecular weight excluding hydrogens is 430 g/mol. The molecule has 1 aliphatic rings. The Labute approximate surface area is 200 Å². The van der Waals surface area contributed by atoms with Crippen LogP contribution in [-0.4, -0.2) is 33.4 Å². The van der Waals surface area contributed by atoms with Crippen LogP contribution in [0.5, 0.6) is 11.5 Å². The Morgan fingerprint density at radius 2 is 1.97 bits per heavy atom. The van der Waals surface area contributed by atoms with E-state index < -0.39 is 6.04 Å². The van der Waals surface area contributed by atoms with Crippen LogP contribution in [0.1, 0.15) is 50.4 Å². The van der Waals surface area contributed by atoms with Crippen LogP contribution in [0.15, 0.2) is 54.0 Å². The van der Waals surface area contributed by atoms with Crippen molar-refractivity contribution in [3.05, 3.63) is 70.7 Å². The van der Waals surface area contributed by atoms with Crippen molar-refractivity contribution in [3.63, 3.8) is 0 Å². The molecule has 1 unspecified atom stereocenters. The fourth-order valence-corrected chi connectivity index (χ4v) is 4.08. The zero-order chi connectivity index (χ0) is 24.4. The lowest BCUT2D eigenvalue weighted by molar-refractivity contribution is -0.113. The van der Waals surface area contributed by atoms with Crippen molar-refractivity contribution in [1.82, 2.24) is 14.8 Å². The van der Waals surface area contributed by atoms with Crippen LogP contribution in [0.3, 0.4) is 0 Å². The van der Waals surface area contributed by atoms with E-state index in [0.29, 0.717) is 35.3 Å². The second-order valence-electron chi connectivity index (χ2n) is 8.60. The third-order valence-corrected chi connectivity index (χ3v) is 5.84. The van der Waals surface area contributed by atoms with Crippen LogP contribution in [0.2, 0.25) is 0 Å². The lowest BCUT2D eigenvalue weighted by atomic mass is 9.94. The molecule has 1 atom stereocenters. The van der Waals surface area contributed by atoms with Gasteiger partial charge in [0.1, 0.15) is 12.4 Å². The van der Waals surface area contributed by atoms with E-state index in [9.17, 15) is 4.79 Å². The first kappa shape index (κ1) is 23.4. The van der Waals surface area contributed by atoms with Crippen LogP contribution < -0.4 is 20.1 Å². The Bertz CT molecular complexity index is 1240. The summed E-state index contributed by atoms with van der Waals surface area (Å²) < 4.78 is 13.5. The third-order valence-electron chi connectivity index (χ3n) is 5.84. The van der Waals surface area contributed by atoms with Crippen molar-refractivity contribution < 1.29 is 14.3 Å². The molecule has 0 aliphatic carbocycles. The van der Waals surface area contributed by atoms with Crippen LogP contribution >= 0.6 is 0 Å². The number of hydrogen-bond acceptors (Lipinski definition) is 6. The van der Waals surface area contributed by atoms with E-state index in [1.807, 2.05) is 77.9 Å². The standard InChI is InChI=1S/C26H31N5O3/c1-7-33-22-13-19(11-12-21(22)34-15(2)3)24-23(18(6)29-26-27-14-28-31(24)26)25(32)30-20-10-8-9-16(4)17(20)5/h8-15,24H,7H2,1-6H3,(H,30,32)(H,27,28,29). The van der Waals surface area contributed by atoms with Crippen LogP contribution in [0.25, 0.3) is 0 Å².